The monoisotopic (exact) mass is 275 g/mol. The molecule has 0 spiro atoms. The van der Waals surface area contributed by atoms with Crippen molar-refractivity contribution >= 4 is 27.3 Å². The van der Waals surface area contributed by atoms with Gasteiger partial charge in [0.15, 0.2) is 0 Å². The van der Waals surface area contributed by atoms with Crippen LogP contribution in [0.2, 0.25) is 0 Å². The smallest absolute Gasteiger partial charge is 0.345 e. The molecular weight excluding hydrogens is 262 g/mol. The minimum absolute atomic E-state index is 0.00338. The van der Waals surface area contributed by atoms with Gasteiger partial charge in [0.1, 0.15) is 4.88 Å². The second-order valence-corrected chi connectivity index (χ2v) is 6.63. The molecule has 0 saturated carbocycles. The molecule has 0 fully saturated rings. The van der Waals surface area contributed by atoms with Crippen molar-refractivity contribution in [3.05, 3.63) is 28.5 Å². The lowest BCUT2D eigenvalue weighted by atomic mass is 10.4. The van der Waals surface area contributed by atoms with Gasteiger partial charge in [0.05, 0.1) is 4.90 Å². The molecule has 1 rings (SSSR count). The van der Waals surface area contributed by atoms with Gasteiger partial charge in [-0.2, -0.15) is 4.31 Å². The summed E-state index contributed by atoms with van der Waals surface area (Å²) in [4.78, 5) is 10.7. The topological polar surface area (TPSA) is 74.7 Å². The van der Waals surface area contributed by atoms with E-state index < -0.39 is 16.0 Å². The molecule has 1 aromatic rings. The van der Waals surface area contributed by atoms with E-state index in [0.717, 1.165) is 21.7 Å². The Morgan fingerprint density at radius 3 is 2.59 bits per heavy atom. The van der Waals surface area contributed by atoms with Crippen LogP contribution in [0, 0.1) is 0 Å². The van der Waals surface area contributed by atoms with Crippen molar-refractivity contribution in [2.45, 2.75) is 11.8 Å². The lowest BCUT2D eigenvalue weighted by Crippen LogP contribution is -2.28. The number of nitrogens with zero attached hydrogens (tertiary/aromatic N) is 1. The largest absolute Gasteiger partial charge is 0.477 e. The second-order valence-electron chi connectivity index (χ2n) is 3.67. The molecule has 0 aliphatic heterocycles. The number of aromatic carboxylic acids is 1. The Morgan fingerprint density at radius 2 is 2.18 bits per heavy atom. The maximum absolute atomic E-state index is 12.0. The van der Waals surface area contributed by atoms with Gasteiger partial charge in [-0.1, -0.05) is 12.2 Å². The normalized spacial score (nSPS) is 11.7. The summed E-state index contributed by atoms with van der Waals surface area (Å²) < 4.78 is 25.1. The summed E-state index contributed by atoms with van der Waals surface area (Å²) in [6.07, 6.45) is 0. The Balaban J connectivity index is 3.04. The van der Waals surface area contributed by atoms with Crippen LogP contribution in [-0.4, -0.2) is 37.4 Å². The van der Waals surface area contributed by atoms with Crippen molar-refractivity contribution in [3.8, 4) is 0 Å². The number of carbonyl (C=O) groups is 1. The predicted octanol–water partition coefficient (Wildman–Crippen LogP) is 1.64. The van der Waals surface area contributed by atoms with E-state index in [4.69, 9.17) is 5.11 Å². The Morgan fingerprint density at radius 1 is 1.59 bits per heavy atom. The summed E-state index contributed by atoms with van der Waals surface area (Å²) in [7, 11) is -2.19. The lowest BCUT2D eigenvalue weighted by molar-refractivity contribution is 0.0702. The first kappa shape index (κ1) is 13.9. The molecule has 0 bridgehead atoms. The Labute approximate surface area is 104 Å². The molecule has 5 nitrogen and oxygen atoms in total. The molecule has 1 heterocycles. The number of sulfonamides is 1. The molecule has 0 aliphatic rings. The Bertz CT molecular complexity index is 544. The van der Waals surface area contributed by atoms with Crippen molar-refractivity contribution in [1.82, 2.24) is 4.31 Å². The summed E-state index contributed by atoms with van der Waals surface area (Å²) in [6.45, 7) is 5.57. The van der Waals surface area contributed by atoms with Gasteiger partial charge in [-0.3, -0.25) is 0 Å². The SMILES string of the molecule is C=C(C)CN(C)S(=O)(=O)c1csc(C(=O)O)c1. The number of thiophene rings is 1. The molecule has 0 unspecified atom stereocenters. The average molecular weight is 275 g/mol. The summed E-state index contributed by atoms with van der Waals surface area (Å²) in [5.41, 5.74) is 0.713. The first-order chi connectivity index (χ1) is 7.75. The predicted molar refractivity (Wildman–Crippen MR) is 65.9 cm³/mol. The van der Waals surface area contributed by atoms with E-state index in [0.29, 0.717) is 5.57 Å². The number of rotatable bonds is 5. The zero-order valence-corrected chi connectivity index (χ0v) is 11.1. The van der Waals surface area contributed by atoms with E-state index in [2.05, 4.69) is 6.58 Å². The van der Waals surface area contributed by atoms with Gasteiger partial charge >= 0.3 is 5.97 Å². The molecule has 0 aromatic carbocycles. The third kappa shape index (κ3) is 3.15. The molecule has 0 radical (unpaired) electrons. The summed E-state index contributed by atoms with van der Waals surface area (Å²) in [6, 6.07) is 1.16. The third-order valence-electron chi connectivity index (χ3n) is 1.99. The van der Waals surface area contributed by atoms with Gasteiger partial charge < -0.3 is 5.11 Å². The maximum Gasteiger partial charge on any atom is 0.345 e. The number of carboxylic acids is 1. The number of hydrogen-bond donors (Lipinski definition) is 1. The van der Waals surface area contributed by atoms with E-state index in [-0.39, 0.29) is 16.3 Å². The second kappa shape index (κ2) is 4.99. The Kier molecular flexibility index (Phi) is 4.07. The fourth-order valence-corrected chi connectivity index (χ4v) is 3.54. The van der Waals surface area contributed by atoms with Gasteiger partial charge in [0, 0.05) is 19.0 Å². The van der Waals surface area contributed by atoms with Crippen LogP contribution in [0.5, 0.6) is 0 Å². The molecule has 0 aliphatic carbocycles. The molecule has 1 aromatic heterocycles. The van der Waals surface area contributed by atoms with Crippen LogP contribution in [0.3, 0.4) is 0 Å². The third-order valence-corrected chi connectivity index (χ3v) is 4.84. The van der Waals surface area contributed by atoms with Crippen LogP contribution < -0.4 is 0 Å². The molecule has 0 amide bonds. The van der Waals surface area contributed by atoms with Crippen LogP contribution in [0.15, 0.2) is 28.5 Å². The van der Waals surface area contributed by atoms with Gasteiger partial charge in [-0.15, -0.1) is 11.3 Å². The zero-order valence-electron chi connectivity index (χ0n) is 9.50. The minimum Gasteiger partial charge on any atom is -0.477 e. The van der Waals surface area contributed by atoms with Crippen LogP contribution >= 0.6 is 11.3 Å². The highest BCUT2D eigenvalue weighted by atomic mass is 32.2. The fourth-order valence-electron chi connectivity index (χ4n) is 1.21. The Hall–Kier alpha value is -1.18. The van der Waals surface area contributed by atoms with Crippen molar-refractivity contribution in [2.24, 2.45) is 0 Å². The van der Waals surface area contributed by atoms with Crippen LogP contribution in [0.4, 0.5) is 0 Å². The molecule has 1 N–H and O–H groups in total. The van der Waals surface area contributed by atoms with E-state index in [1.54, 1.807) is 6.92 Å². The molecule has 0 saturated heterocycles. The van der Waals surface area contributed by atoms with Crippen molar-refractivity contribution < 1.29 is 18.3 Å². The highest BCUT2D eigenvalue weighted by molar-refractivity contribution is 7.89. The van der Waals surface area contributed by atoms with E-state index >= 15 is 0 Å². The van der Waals surface area contributed by atoms with E-state index in [1.165, 1.54) is 12.4 Å². The van der Waals surface area contributed by atoms with E-state index in [1.807, 2.05) is 0 Å². The zero-order chi connectivity index (χ0) is 13.2. The maximum atomic E-state index is 12.0. The number of carboxylic acid groups (broad SMARTS) is 1. The molecular formula is C10H13NO4S2. The summed E-state index contributed by atoms with van der Waals surface area (Å²) in [5, 5.41) is 10.1. The average Bonchev–Trinajstić information content (AvgIpc) is 2.65. The van der Waals surface area contributed by atoms with Crippen LogP contribution in [0.25, 0.3) is 0 Å². The van der Waals surface area contributed by atoms with Crippen LogP contribution in [0.1, 0.15) is 16.6 Å². The van der Waals surface area contributed by atoms with Crippen LogP contribution in [-0.2, 0) is 10.0 Å². The van der Waals surface area contributed by atoms with Gasteiger partial charge in [0.25, 0.3) is 0 Å². The first-order valence-corrected chi connectivity index (χ1v) is 6.99. The van der Waals surface area contributed by atoms with Gasteiger partial charge in [-0.05, 0) is 13.0 Å². The molecule has 17 heavy (non-hydrogen) atoms. The standard InChI is InChI=1S/C10H13NO4S2/c1-7(2)5-11(3)17(14,15)8-4-9(10(12)13)16-6-8/h4,6H,1,5H2,2-3H3,(H,12,13). The molecule has 94 valence electrons. The summed E-state index contributed by atoms with van der Waals surface area (Å²) >= 11 is 0.893. The fraction of sp³-hybridized carbons (Fsp3) is 0.300. The minimum atomic E-state index is -3.63. The van der Waals surface area contributed by atoms with E-state index in [9.17, 15) is 13.2 Å². The summed E-state index contributed by atoms with van der Waals surface area (Å²) in [5.74, 6) is -1.13. The van der Waals surface area contributed by atoms with Gasteiger partial charge in [-0.25, -0.2) is 13.2 Å². The van der Waals surface area contributed by atoms with Crippen molar-refractivity contribution in [3.63, 3.8) is 0 Å². The highest BCUT2D eigenvalue weighted by Gasteiger charge is 2.23. The van der Waals surface area contributed by atoms with Crippen molar-refractivity contribution in [2.75, 3.05) is 13.6 Å². The molecule has 7 heteroatoms. The quantitative estimate of drug-likeness (QED) is 0.829. The number of likely N-dealkylation sites (N-methyl/N-ethyl adjacent to an activating group) is 1. The lowest BCUT2D eigenvalue weighted by Gasteiger charge is -2.15. The molecule has 0 atom stereocenters. The van der Waals surface area contributed by atoms with Gasteiger partial charge in [0.2, 0.25) is 10.0 Å². The van der Waals surface area contributed by atoms with Crippen molar-refractivity contribution in [1.29, 1.82) is 0 Å². The first-order valence-electron chi connectivity index (χ1n) is 4.67. The number of hydrogen-bond acceptors (Lipinski definition) is 4. The highest BCUT2D eigenvalue weighted by Crippen LogP contribution is 2.22.